The number of carbonyl (C=O) groups is 1. The normalized spacial score (nSPS) is 50.6. The molecule has 0 aromatic heterocycles. The minimum atomic E-state index is 0.0226. The lowest BCUT2D eigenvalue weighted by Gasteiger charge is -1.94. The summed E-state index contributed by atoms with van der Waals surface area (Å²) < 4.78 is 5.33. The number of hydrogen-bond donors (Lipinski definition) is 0. The second-order valence-corrected chi connectivity index (χ2v) is 3.70. The van der Waals surface area contributed by atoms with Crippen LogP contribution < -0.4 is 0 Å². The molecule has 0 aromatic rings. The van der Waals surface area contributed by atoms with Crippen LogP contribution in [0, 0.1) is 11.8 Å². The Balaban J connectivity index is 2.18. The highest BCUT2D eigenvalue weighted by atomic mass is 127. The van der Waals surface area contributed by atoms with E-state index in [1.807, 2.05) is 0 Å². The fourth-order valence-corrected chi connectivity index (χ4v) is 2.35. The van der Waals surface area contributed by atoms with Crippen LogP contribution >= 0.6 is 22.6 Å². The third-order valence-corrected chi connectivity index (χ3v) is 3.46. The van der Waals surface area contributed by atoms with Crippen LogP contribution in [-0.2, 0) is 9.53 Å². The number of cyclic esters (lactones) is 1. The third-order valence-electron chi connectivity index (χ3n) is 1.76. The van der Waals surface area contributed by atoms with E-state index in [0.29, 0.717) is 16.4 Å². The third kappa shape index (κ3) is 0.455. The van der Waals surface area contributed by atoms with Gasteiger partial charge < -0.3 is 4.74 Å². The predicted molar refractivity (Wildman–Crippen MR) is 35.7 cm³/mol. The van der Waals surface area contributed by atoms with Gasteiger partial charge in [-0.1, -0.05) is 22.6 Å². The average Bonchev–Trinajstić information content (AvgIpc) is 2.13. The van der Waals surface area contributed by atoms with Gasteiger partial charge in [0.25, 0.3) is 0 Å². The molecule has 1 heterocycles. The van der Waals surface area contributed by atoms with Gasteiger partial charge in [-0.05, 0) is 0 Å². The van der Waals surface area contributed by atoms with E-state index in [0.717, 1.165) is 0 Å². The summed E-state index contributed by atoms with van der Waals surface area (Å²) in [6, 6.07) is 0. The molecule has 0 N–H and O–H groups in total. The van der Waals surface area contributed by atoms with E-state index < -0.39 is 0 Å². The Labute approximate surface area is 60.7 Å². The molecule has 1 aliphatic heterocycles. The first-order valence-electron chi connectivity index (χ1n) is 2.61. The van der Waals surface area contributed by atoms with Crippen molar-refractivity contribution in [2.45, 2.75) is 3.92 Å². The summed E-state index contributed by atoms with van der Waals surface area (Å²) in [7, 11) is 0. The Morgan fingerprint density at radius 3 is 2.75 bits per heavy atom. The zero-order chi connectivity index (χ0) is 5.72. The van der Waals surface area contributed by atoms with Crippen LogP contribution in [0.4, 0.5) is 0 Å². The van der Waals surface area contributed by atoms with Gasteiger partial charge in [0.2, 0.25) is 0 Å². The SMILES string of the molecule is O=C1OC[C@@H]2[C@H](I)[C@H]12. The lowest BCUT2D eigenvalue weighted by atomic mass is 10.4. The van der Waals surface area contributed by atoms with Crippen molar-refractivity contribution in [2.75, 3.05) is 6.61 Å². The maximum Gasteiger partial charge on any atom is 0.310 e. The molecule has 0 radical (unpaired) electrons. The monoisotopic (exact) mass is 224 g/mol. The molecule has 2 fully saturated rings. The molecule has 2 aliphatic rings. The molecule has 0 unspecified atom stereocenters. The van der Waals surface area contributed by atoms with Crippen LogP contribution in [-0.4, -0.2) is 16.5 Å². The van der Waals surface area contributed by atoms with E-state index in [-0.39, 0.29) is 11.9 Å². The Morgan fingerprint density at radius 2 is 2.50 bits per heavy atom. The van der Waals surface area contributed by atoms with Crippen LogP contribution in [0.25, 0.3) is 0 Å². The molecule has 0 bridgehead atoms. The van der Waals surface area contributed by atoms with Gasteiger partial charge in [0.05, 0.1) is 12.5 Å². The molecule has 0 amide bonds. The van der Waals surface area contributed by atoms with Crippen molar-refractivity contribution in [3.63, 3.8) is 0 Å². The molecule has 2 rings (SSSR count). The molecule has 1 saturated carbocycles. The summed E-state index contributed by atoms with van der Waals surface area (Å²) in [6.07, 6.45) is 0. The smallest absolute Gasteiger partial charge is 0.310 e. The van der Waals surface area contributed by atoms with Gasteiger partial charge >= 0.3 is 5.97 Å². The van der Waals surface area contributed by atoms with Gasteiger partial charge in [0.15, 0.2) is 0 Å². The molecule has 0 aromatic carbocycles. The topological polar surface area (TPSA) is 26.3 Å². The quantitative estimate of drug-likeness (QED) is 0.342. The summed E-state index contributed by atoms with van der Waals surface area (Å²) in [5, 5.41) is 0. The zero-order valence-corrected chi connectivity index (χ0v) is 6.29. The van der Waals surface area contributed by atoms with Gasteiger partial charge in [-0.15, -0.1) is 0 Å². The van der Waals surface area contributed by atoms with Crippen LogP contribution in [0.3, 0.4) is 0 Å². The molecule has 8 heavy (non-hydrogen) atoms. The summed E-state index contributed by atoms with van der Waals surface area (Å²) in [5.74, 6) is 0.869. The van der Waals surface area contributed by atoms with Crippen LogP contribution in [0.1, 0.15) is 0 Å². The summed E-state index contributed by atoms with van der Waals surface area (Å²) in [5.41, 5.74) is 0. The second kappa shape index (κ2) is 1.37. The van der Waals surface area contributed by atoms with Crippen molar-refractivity contribution in [3.05, 3.63) is 0 Å². The molecular formula is C5H5IO2. The highest BCUT2D eigenvalue weighted by molar-refractivity contribution is 14.1. The van der Waals surface area contributed by atoms with Gasteiger partial charge in [-0.25, -0.2) is 0 Å². The Bertz CT molecular complexity index is 145. The van der Waals surface area contributed by atoms with Crippen LogP contribution in [0.2, 0.25) is 0 Å². The van der Waals surface area contributed by atoms with Gasteiger partial charge in [0.1, 0.15) is 0 Å². The number of alkyl halides is 1. The molecule has 1 aliphatic carbocycles. The molecule has 44 valence electrons. The number of fused-ring (bicyclic) bond motifs is 1. The number of esters is 1. The van der Waals surface area contributed by atoms with Crippen molar-refractivity contribution in [1.82, 2.24) is 0 Å². The van der Waals surface area contributed by atoms with Crippen molar-refractivity contribution in [3.8, 4) is 0 Å². The molecule has 3 atom stereocenters. The van der Waals surface area contributed by atoms with Crippen molar-refractivity contribution >= 4 is 28.6 Å². The highest BCUT2D eigenvalue weighted by Gasteiger charge is 2.59. The van der Waals surface area contributed by atoms with E-state index in [1.165, 1.54) is 0 Å². The minimum Gasteiger partial charge on any atom is -0.465 e. The van der Waals surface area contributed by atoms with Crippen LogP contribution in [0.15, 0.2) is 0 Å². The zero-order valence-electron chi connectivity index (χ0n) is 4.13. The maximum atomic E-state index is 10.6. The lowest BCUT2D eigenvalue weighted by molar-refractivity contribution is -0.140. The van der Waals surface area contributed by atoms with Crippen molar-refractivity contribution in [2.24, 2.45) is 11.8 Å². The molecule has 1 saturated heterocycles. The molecule has 0 spiro atoms. The summed E-state index contributed by atoms with van der Waals surface area (Å²) in [4.78, 5) is 10.6. The fourth-order valence-electron chi connectivity index (χ4n) is 1.11. The predicted octanol–water partition coefficient (Wildman–Crippen LogP) is 0.593. The van der Waals surface area contributed by atoms with Gasteiger partial charge in [0, 0.05) is 9.84 Å². The Kier molecular flexibility index (Phi) is 0.862. The van der Waals surface area contributed by atoms with E-state index in [4.69, 9.17) is 4.74 Å². The minimum absolute atomic E-state index is 0.0226. The van der Waals surface area contributed by atoms with Crippen molar-refractivity contribution < 1.29 is 9.53 Å². The Morgan fingerprint density at radius 1 is 1.75 bits per heavy atom. The Hall–Kier alpha value is 0.200. The van der Waals surface area contributed by atoms with E-state index in [1.54, 1.807) is 0 Å². The summed E-state index contributed by atoms with van der Waals surface area (Å²) in [6.45, 7) is 0.678. The first-order chi connectivity index (χ1) is 3.80. The van der Waals surface area contributed by atoms with Gasteiger partial charge in [-0.3, -0.25) is 4.79 Å². The number of carbonyl (C=O) groups excluding carboxylic acids is 1. The van der Waals surface area contributed by atoms with Crippen LogP contribution in [0.5, 0.6) is 0 Å². The average molecular weight is 224 g/mol. The fraction of sp³-hybridized carbons (Fsp3) is 0.800. The van der Waals surface area contributed by atoms with E-state index in [9.17, 15) is 4.79 Å². The number of halogens is 1. The first kappa shape index (κ1) is 5.02. The molecule has 3 heteroatoms. The lowest BCUT2D eigenvalue weighted by Crippen LogP contribution is -2.03. The van der Waals surface area contributed by atoms with Gasteiger partial charge in [-0.2, -0.15) is 0 Å². The van der Waals surface area contributed by atoms with Crippen molar-refractivity contribution in [1.29, 1.82) is 0 Å². The molecule has 2 nitrogen and oxygen atoms in total. The van der Waals surface area contributed by atoms with E-state index in [2.05, 4.69) is 22.6 Å². The largest absolute Gasteiger partial charge is 0.465 e. The molecular weight excluding hydrogens is 219 g/mol. The van der Waals surface area contributed by atoms with E-state index >= 15 is 0 Å². The standard InChI is InChI=1S/C5H5IO2/c6-4-2-1-8-5(7)3(2)4/h2-4H,1H2/t2-,3+,4-/m0/s1. The number of hydrogen-bond acceptors (Lipinski definition) is 2. The number of rotatable bonds is 0. The summed E-state index contributed by atoms with van der Waals surface area (Å²) >= 11 is 2.31. The highest BCUT2D eigenvalue weighted by Crippen LogP contribution is 2.50. The second-order valence-electron chi connectivity index (χ2n) is 2.26. The number of ether oxygens (including phenoxy) is 1. The maximum absolute atomic E-state index is 10.6. The first-order valence-corrected chi connectivity index (χ1v) is 3.86.